The molecule has 3 aromatic carbocycles. The first-order chi connectivity index (χ1) is 19.6. The third-order valence-corrected chi connectivity index (χ3v) is 8.96. The summed E-state index contributed by atoms with van der Waals surface area (Å²) in [6.45, 7) is 4.16. The molecule has 7 nitrogen and oxygen atoms in total. The second-order valence-electron chi connectivity index (χ2n) is 9.63. The van der Waals surface area contributed by atoms with Crippen molar-refractivity contribution in [3.63, 3.8) is 0 Å². The molecule has 0 radical (unpaired) electrons. The highest BCUT2D eigenvalue weighted by atomic mass is 35.5. The van der Waals surface area contributed by atoms with Gasteiger partial charge in [0.25, 0.3) is 10.0 Å². The maximum atomic E-state index is 13.9. The van der Waals surface area contributed by atoms with Crippen LogP contribution in [0.5, 0.6) is 0 Å². The summed E-state index contributed by atoms with van der Waals surface area (Å²) in [5.41, 5.74) is -1.09. The second-order valence-corrected chi connectivity index (χ2v) is 12.3. The zero-order valence-corrected chi connectivity index (χ0v) is 25.4. The first kappa shape index (κ1) is 33.2. The van der Waals surface area contributed by atoms with E-state index in [-0.39, 0.29) is 17.5 Å². The van der Waals surface area contributed by atoms with Gasteiger partial charge in [-0.3, -0.25) is 13.9 Å². The lowest BCUT2D eigenvalue weighted by Gasteiger charge is -2.32. The van der Waals surface area contributed by atoms with Gasteiger partial charge in [-0.1, -0.05) is 60.5 Å². The summed E-state index contributed by atoms with van der Waals surface area (Å²) in [6, 6.07) is 14.8. The summed E-state index contributed by atoms with van der Waals surface area (Å²) in [6.07, 6.45) is -4.26. The molecule has 0 saturated carbocycles. The van der Waals surface area contributed by atoms with Crippen molar-refractivity contribution in [2.45, 2.75) is 56.9 Å². The minimum atomic E-state index is -4.89. The summed E-state index contributed by atoms with van der Waals surface area (Å²) in [5.74, 6) is -1.30. The third kappa shape index (κ3) is 8.17. The minimum absolute atomic E-state index is 0.0985. The Morgan fingerprint density at radius 2 is 1.57 bits per heavy atom. The van der Waals surface area contributed by atoms with Crippen LogP contribution in [0.15, 0.2) is 77.7 Å². The van der Waals surface area contributed by atoms with E-state index in [0.29, 0.717) is 27.4 Å². The molecule has 3 rings (SSSR count). The number of hydrogen-bond acceptors (Lipinski definition) is 4. The summed E-state index contributed by atoms with van der Waals surface area (Å²) in [7, 11) is -4.55. The van der Waals surface area contributed by atoms with Crippen LogP contribution in [0.4, 0.5) is 18.9 Å². The molecule has 2 atom stereocenters. The molecule has 3 aromatic rings. The topological polar surface area (TPSA) is 86.8 Å². The van der Waals surface area contributed by atoms with E-state index in [0.717, 1.165) is 12.1 Å². The van der Waals surface area contributed by atoms with Gasteiger partial charge in [0.2, 0.25) is 11.8 Å². The molecule has 0 fully saturated rings. The van der Waals surface area contributed by atoms with Crippen LogP contribution in [0, 0.1) is 0 Å². The number of nitrogens with zero attached hydrogens (tertiary/aromatic N) is 2. The van der Waals surface area contributed by atoms with E-state index in [4.69, 9.17) is 23.2 Å². The number of halogens is 5. The Morgan fingerprint density at radius 3 is 2.14 bits per heavy atom. The minimum Gasteiger partial charge on any atom is -0.352 e. The Labute approximate surface area is 253 Å². The number of nitrogens with one attached hydrogen (secondary N) is 1. The van der Waals surface area contributed by atoms with Gasteiger partial charge in [0.05, 0.1) is 21.2 Å². The number of anilines is 1. The first-order valence-electron chi connectivity index (χ1n) is 12.9. The molecule has 0 unspecified atom stereocenters. The van der Waals surface area contributed by atoms with E-state index in [1.54, 1.807) is 37.3 Å². The molecule has 0 heterocycles. The van der Waals surface area contributed by atoms with Gasteiger partial charge in [-0.05, 0) is 68.3 Å². The number of sulfonamides is 1. The first-order valence-corrected chi connectivity index (χ1v) is 15.1. The van der Waals surface area contributed by atoms with Crippen molar-refractivity contribution in [3.8, 4) is 0 Å². The van der Waals surface area contributed by atoms with E-state index in [9.17, 15) is 31.2 Å². The molecule has 0 aromatic heterocycles. The Balaban J connectivity index is 2.10. The molecule has 0 aliphatic carbocycles. The Bertz CT molecular complexity index is 1500. The fourth-order valence-electron chi connectivity index (χ4n) is 3.97. The molecule has 0 bridgehead atoms. The monoisotopic (exact) mass is 643 g/mol. The van der Waals surface area contributed by atoms with E-state index < -0.39 is 56.9 Å². The van der Waals surface area contributed by atoms with Crippen LogP contribution < -0.4 is 9.62 Å². The second kappa shape index (κ2) is 13.8. The fraction of sp³-hybridized carbons (Fsp3) is 0.310. The summed E-state index contributed by atoms with van der Waals surface area (Å²) in [5, 5.41) is 2.62. The number of carbonyl (C=O) groups is 2. The van der Waals surface area contributed by atoms with Crippen LogP contribution in [0.25, 0.3) is 0 Å². The Hall–Kier alpha value is -3.28. The van der Waals surface area contributed by atoms with Crippen molar-refractivity contribution in [2.75, 3.05) is 10.8 Å². The molecule has 42 heavy (non-hydrogen) atoms. The normalized spacial score (nSPS) is 13.2. The number of alkyl halides is 3. The van der Waals surface area contributed by atoms with Crippen molar-refractivity contribution in [2.24, 2.45) is 0 Å². The largest absolute Gasteiger partial charge is 0.417 e. The van der Waals surface area contributed by atoms with Crippen molar-refractivity contribution >= 4 is 50.7 Å². The number of hydrogen-bond donors (Lipinski definition) is 1. The lowest BCUT2D eigenvalue weighted by atomic mass is 10.1. The van der Waals surface area contributed by atoms with Gasteiger partial charge >= 0.3 is 6.18 Å². The van der Waals surface area contributed by atoms with E-state index >= 15 is 0 Å². The van der Waals surface area contributed by atoms with Crippen LogP contribution in [0.2, 0.25) is 10.0 Å². The molecule has 13 heteroatoms. The molecule has 1 N–H and O–H groups in total. The van der Waals surface area contributed by atoms with E-state index in [1.165, 1.54) is 36.1 Å². The lowest BCUT2D eigenvalue weighted by molar-refractivity contribution is -0.139. The SMILES string of the molecule is CC[C@@H](C)NC(=O)[C@H](C)N(Cc1ccc(Cl)cc1)C(=O)CN(c1ccc(Cl)c(C(F)(F)F)c1)S(=O)(=O)c1ccccc1. The van der Waals surface area contributed by atoms with Gasteiger partial charge in [-0.25, -0.2) is 8.42 Å². The molecule has 0 aliphatic heterocycles. The quantitative estimate of drug-likeness (QED) is 0.257. The maximum absolute atomic E-state index is 13.9. The average Bonchev–Trinajstić information content (AvgIpc) is 2.95. The molecule has 2 amide bonds. The zero-order chi connectivity index (χ0) is 31.2. The van der Waals surface area contributed by atoms with Crippen LogP contribution in [-0.4, -0.2) is 43.8 Å². The molecule has 0 aliphatic rings. The van der Waals surface area contributed by atoms with Crippen LogP contribution in [-0.2, 0) is 32.3 Å². The van der Waals surface area contributed by atoms with Crippen LogP contribution >= 0.6 is 23.2 Å². The molecular formula is C29H30Cl2F3N3O4S. The smallest absolute Gasteiger partial charge is 0.352 e. The van der Waals surface area contributed by atoms with Gasteiger partial charge in [-0.2, -0.15) is 13.2 Å². The molecular weight excluding hydrogens is 614 g/mol. The predicted molar refractivity (Wildman–Crippen MR) is 157 cm³/mol. The highest BCUT2D eigenvalue weighted by Gasteiger charge is 2.37. The van der Waals surface area contributed by atoms with Gasteiger partial charge in [0.1, 0.15) is 12.6 Å². The fourth-order valence-corrected chi connectivity index (χ4v) is 5.75. The lowest BCUT2D eigenvalue weighted by Crippen LogP contribution is -2.52. The average molecular weight is 645 g/mol. The van der Waals surface area contributed by atoms with Crippen molar-refractivity contribution < 1.29 is 31.2 Å². The molecule has 226 valence electrons. The van der Waals surface area contributed by atoms with Gasteiger partial charge in [0, 0.05) is 17.6 Å². The zero-order valence-electron chi connectivity index (χ0n) is 23.0. The number of benzene rings is 3. The van der Waals surface area contributed by atoms with Gasteiger partial charge in [0.15, 0.2) is 0 Å². The Kier molecular flexibility index (Phi) is 10.9. The predicted octanol–water partition coefficient (Wildman–Crippen LogP) is 6.54. The Morgan fingerprint density at radius 1 is 0.952 bits per heavy atom. The molecule has 0 spiro atoms. The number of rotatable bonds is 11. The van der Waals surface area contributed by atoms with Crippen LogP contribution in [0.1, 0.15) is 38.3 Å². The van der Waals surface area contributed by atoms with Crippen LogP contribution in [0.3, 0.4) is 0 Å². The van der Waals surface area contributed by atoms with Gasteiger partial charge in [-0.15, -0.1) is 0 Å². The standard InChI is InChI=1S/C29H30Cl2F3N3O4S/c1-4-19(2)35-28(39)20(3)36(17-21-10-12-22(30)13-11-21)27(38)18-37(42(40,41)24-8-6-5-7-9-24)23-14-15-26(31)25(16-23)29(32,33)34/h5-16,19-20H,4,17-18H2,1-3H3,(H,35,39)/t19-,20+/m1/s1. The van der Waals surface area contributed by atoms with E-state index in [2.05, 4.69) is 5.32 Å². The number of carbonyl (C=O) groups excluding carboxylic acids is 2. The highest BCUT2D eigenvalue weighted by molar-refractivity contribution is 7.92. The van der Waals surface area contributed by atoms with Gasteiger partial charge < -0.3 is 10.2 Å². The summed E-state index contributed by atoms with van der Waals surface area (Å²) < 4.78 is 69.3. The summed E-state index contributed by atoms with van der Waals surface area (Å²) >= 11 is 11.8. The highest BCUT2D eigenvalue weighted by Crippen LogP contribution is 2.38. The maximum Gasteiger partial charge on any atom is 0.417 e. The summed E-state index contributed by atoms with van der Waals surface area (Å²) in [4.78, 5) is 27.9. The van der Waals surface area contributed by atoms with Crippen molar-refractivity contribution in [3.05, 3.63) is 94.0 Å². The van der Waals surface area contributed by atoms with Crippen molar-refractivity contribution in [1.82, 2.24) is 10.2 Å². The molecule has 0 saturated heterocycles. The van der Waals surface area contributed by atoms with E-state index in [1.807, 2.05) is 6.92 Å². The number of amides is 2. The van der Waals surface area contributed by atoms with Crippen molar-refractivity contribution in [1.29, 1.82) is 0 Å². The third-order valence-electron chi connectivity index (χ3n) is 6.59.